The van der Waals surface area contributed by atoms with Gasteiger partial charge in [-0.15, -0.1) is 0 Å². The molecule has 0 saturated carbocycles. The van der Waals surface area contributed by atoms with Gasteiger partial charge in [-0.3, -0.25) is 4.79 Å². The first-order valence-corrected chi connectivity index (χ1v) is 8.74. The van der Waals surface area contributed by atoms with E-state index in [4.69, 9.17) is 4.74 Å². The number of benzene rings is 1. The molecule has 132 valence electrons. The Labute approximate surface area is 142 Å². The van der Waals surface area contributed by atoms with E-state index < -0.39 is 0 Å². The summed E-state index contributed by atoms with van der Waals surface area (Å²) in [5, 5.41) is 3.34. The van der Waals surface area contributed by atoms with E-state index in [0.717, 1.165) is 38.3 Å². The quantitative estimate of drug-likeness (QED) is 0.892. The van der Waals surface area contributed by atoms with Crippen molar-refractivity contribution >= 4 is 11.6 Å². The summed E-state index contributed by atoms with van der Waals surface area (Å²) in [5.74, 6) is 1.15. The standard InChI is InChI=1S/C18H26FN3O2/c1-24-17-12-15(19)3-4-16(17)21-8-10-22(11-9-21)18(23)5-2-14-6-7-20-13-14/h3-4,12,14,20H,2,5-11,13H2,1H3. The molecule has 6 heteroatoms. The van der Waals surface area contributed by atoms with Crippen LogP contribution in [0.5, 0.6) is 5.75 Å². The van der Waals surface area contributed by atoms with Crippen LogP contribution in [0.2, 0.25) is 0 Å². The van der Waals surface area contributed by atoms with Crippen LogP contribution in [0.1, 0.15) is 19.3 Å². The molecular weight excluding hydrogens is 309 g/mol. The molecule has 2 heterocycles. The van der Waals surface area contributed by atoms with Crippen LogP contribution in [-0.4, -0.2) is 57.2 Å². The Morgan fingerprint density at radius 3 is 2.79 bits per heavy atom. The van der Waals surface area contributed by atoms with E-state index in [2.05, 4.69) is 10.2 Å². The number of hydrogen-bond acceptors (Lipinski definition) is 4. The zero-order valence-corrected chi connectivity index (χ0v) is 14.3. The maximum Gasteiger partial charge on any atom is 0.222 e. The normalized spacial score (nSPS) is 21.2. The highest BCUT2D eigenvalue weighted by Crippen LogP contribution is 2.29. The minimum atomic E-state index is -0.300. The molecule has 2 aliphatic rings. The molecule has 0 bridgehead atoms. The Morgan fingerprint density at radius 2 is 2.12 bits per heavy atom. The summed E-state index contributed by atoms with van der Waals surface area (Å²) >= 11 is 0. The maximum atomic E-state index is 13.3. The predicted octanol–water partition coefficient (Wildman–Crippen LogP) is 1.87. The van der Waals surface area contributed by atoms with Gasteiger partial charge in [0.15, 0.2) is 0 Å². The first-order valence-electron chi connectivity index (χ1n) is 8.74. The van der Waals surface area contributed by atoms with Gasteiger partial charge in [0.2, 0.25) is 5.91 Å². The molecule has 0 aliphatic carbocycles. The van der Waals surface area contributed by atoms with Gasteiger partial charge in [0, 0.05) is 38.7 Å². The van der Waals surface area contributed by atoms with E-state index in [1.54, 1.807) is 13.2 Å². The molecule has 24 heavy (non-hydrogen) atoms. The molecule has 2 saturated heterocycles. The summed E-state index contributed by atoms with van der Waals surface area (Å²) in [6.45, 7) is 5.05. The number of hydrogen-bond donors (Lipinski definition) is 1. The summed E-state index contributed by atoms with van der Waals surface area (Å²) in [6.07, 6.45) is 2.81. The van der Waals surface area contributed by atoms with Crippen molar-refractivity contribution in [3.8, 4) is 5.75 Å². The van der Waals surface area contributed by atoms with Crippen molar-refractivity contribution < 1.29 is 13.9 Å². The van der Waals surface area contributed by atoms with Gasteiger partial charge in [0.1, 0.15) is 11.6 Å². The number of anilines is 1. The number of carbonyl (C=O) groups is 1. The van der Waals surface area contributed by atoms with Gasteiger partial charge in [-0.2, -0.15) is 0 Å². The molecule has 0 aromatic heterocycles. The minimum Gasteiger partial charge on any atom is -0.494 e. The molecule has 1 aromatic rings. The van der Waals surface area contributed by atoms with E-state index in [-0.39, 0.29) is 11.7 Å². The lowest BCUT2D eigenvalue weighted by atomic mass is 10.0. The molecule has 3 rings (SSSR count). The summed E-state index contributed by atoms with van der Waals surface area (Å²) in [6, 6.07) is 4.60. The summed E-state index contributed by atoms with van der Waals surface area (Å²) in [4.78, 5) is 16.5. The van der Waals surface area contributed by atoms with Crippen LogP contribution in [0.3, 0.4) is 0 Å². The van der Waals surface area contributed by atoms with Crippen LogP contribution in [0.15, 0.2) is 18.2 Å². The van der Waals surface area contributed by atoms with E-state index in [1.165, 1.54) is 18.6 Å². The Morgan fingerprint density at radius 1 is 1.33 bits per heavy atom. The van der Waals surface area contributed by atoms with Crippen LogP contribution >= 0.6 is 0 Å². The number of ether oxygens (including phenoxy) is 1. The SMILES string of the molecule is COc1cc(F)ccc1N1CCN(C(=O)CCC2CCNC2)CC1. The molecular formula is C18H26FN3O2. The van der Waals surface area contributed by atoms with E-state index in [9.17, 15) is 9.18 Å². The highest BCUT2D eigenvalue weighted by atomic mass is 19.1. The first kappa shape index (κ1) is 17.0. The second-order valence-corrected chi connectivity index (χ2v) is 6.58. The van der Waals surface area contributed by atoms with Gasteiger partial charge in [-0.05, 0) is 44.0 Å². The molecule has 2 fully saturated rings. The first-order chi connectivity index (χ1) is 11.7. The lowest BCUT2D eigenvalue weighted by Gasteiger charge is -2.36. The molecule has 1 atom stereocenters. The Kier molecular flexibility index (Phi) is 5.56. The third kappa shape index (κ3) is 3.98. The maximum absolute atomic E-state index is 13.3. The summed E-state index contributed by atoms with van der Waals surface area (Å²) in [5.41, 5.74) is 0.892. The third-order valence-electron chi connectivity index (χ3n) is 5.04. The van der Waals surface area contributed by atoms with Gasteiger partial charge in [0.25, 0.3) is 0 Å². The van der Waals surface area contributed by atoms with Crippen molar-refractivity contribution in [3.05, 3.63) is 24.0 Å². The highest BCUT2D eigenvalue weighted by Gasteiger charge is 2.24. The molecule has 1 unspecified atom stereocenters. The number of carbonyl (C=O) groups excluding carboxylic acids is 1. The van der Waals surface area contributed by atoms with Crippen molar-refractivity contribution in [2.45, 2.75) is 19.3 Å². The number of halogens is 1. The van der Waals surface area contributed by atoms with E-state index >= 15 is 0 Å². The monoisotopic (exact) mass is 335 g/mol. The molecule has 5 nitrogen and oxygen atoms in total. The summed E-state index contributed by atoms with van der Waals surface area (Å²) < 4.78 is 18.6. The van der Waals surface area contributed by atoms with Gasteiger partial charge in [-0.25, -0.2) is 4.39 Å². The zero-order valence-electron chi connectivity index (χ0n) is 14.3. The molecule has 2 aliphatic heterocycles. The molecule has 1 amide bonds. The zero-order chi connectivity index (χ0) is 16.9. The van der Waals surface area contributed by atoms with Crippen LogP contribution < -0.4 is 15.0 Å². The molecule has 0 radical (unpaired) electrons. The smallest absolute Gasteiger partial charge is 0.222 e. The van der Waals surface area contributed by atoms with Gasteiger partial charge >= 0.3 is 0 Å². The van der Waals surface area contributed by atoms with Crippen LogP contribution in [-0.2, 0) is 4.79 Å². The number of nitrogens with zero attached hydrogens (tertiary/aromatic N) is 2. The predicted molar refractivity (Wildman–Crippen MR) is 92.0 cm³/mol. The Bertz CT molecular complexity index is 567. The fourth-order valence-electron chi connectivity index (χ4n) is 3.56. The van der Waals surface area contributed by atoms with E-state index in [0.29, 0.717) is 31.2 Å². The second kappa shape index (κ2) is 7.83. The molecule has 1 aromatic carbocycles. The lowest BCUT2D eigenvalue weighted by molar-refractivity contribution is -0.131. The number of methoxy groups -OCH3 is 1. The van der Waals surface area contributed by atoms with Crippen LogP contribution in [0.4, 0.5) is 10.1 Å². The van der Waals surface area contributed by atoms with E-state index in [1.807, 2.05) is 4.90 Å². The highest BCUT2D eigenvalue weighted by molar-refractivity contribution is 5.76. The molecule has 1 N–H and O–H groups in total. The Hall–Kier alpha value is -1.82. The average molecular weight is 335 g/mol. The van der Waals surface area contributed by atoms with Crippen LogP contribution in [0.25, 0.3) is 0 Å². The molecule has 0 spiro atoms. The number of piperazine rings is 1. The fourth-order valence-corrected chi connectivity index (χ4v) is 3.56. The average Bonchev–Trinajstić information content (AvgIpc) is 3.13. The topological polar surface area (TPSA) is 44.8 Å². The number of amides is 1. The van der Waals surface area contributed by atoms with Gasteiger partial charge in [0.05, 0.1) is 12.8 Å². The third-order valence-corrected chi connectivity index (χ3v) is 5.04. The lowest BCUT2D eigenvalue weighted by Crippen LogP contribution is -2.48. The van der Waals surface area contributed by atoms with Gasteiger partial charge < -0.3 is 19.9 Å². The second-order valence-electron chi connectivity index (χ2n) is 6.58. The minimum absolute atomic E-state index is 0.257. The van der Waals surface area contributed by atoms with Crippen molar-refractivity contribution in [2.24, 2.45) is 5.92 Å². The van der Waals surface area contributed by atoms with Crippen molar-refractivity contribution in [3.63, 3.8) is 0 Å². The van der Waals surface area contributed by atoms with Crippen molar-refractivity contribution in [1.29, 1.82) is 0 Å². The largest absolute Gasteiger partial charge is 0.494 e. The van der Waals surface area contributed by atoms with Crippen molar-refractivity contribution in [1.82, 2.24) is 10.2 Å². The number of nitrogens with one attached hydrogen (secondary N) is 1. The summed E-state index contributed by atoms with van der Waals surface area (Å²) in [7, 11) is 1.55. The fraction of sp³-hybridized carbons (Fsp3) is 0.611. The Balaban J connectivity index is 1.51. The van der Waals surface area contributed by atoms with Crippen molar-refractivity contribution in [2.75, 3.05) is 51.3 Å². The number of rotatable bonds is 5. The van der Waals surface area contributed by atoms with Crippen LogP contribution in [0, 0.1) is 11.7 Å². The van der Waals surface area contributed by atoms with Gasteiger partial charge in [-0.1, -0.05) is 0 Å².